The van der Waals surface area contributed by atoms with E-state index < -0.39 is 11.9 Å². The Morgan fingerprint density at radius 3 is 2.24 bits per heavy atom. The average molecular weight is 296 g/mol. The van der Waals surface area contributed by atoms with Gasteiger partial charge in [-0.05, 0) is 24.7 Å². The van der Waals surface area contributed by atoms with E-state index in [4.69, 9.17) is 9.84 Å². The zero-order chi connectivity index (χ0) is 15.5. The second-order valence-electron chi connectivity index (χ2n) is 6.01. The number of unbranched alkanes of at least 4 members (excludes halogenated alkanes) is 1. The van der Waals surface area contributed by atoms with E-state index in [0.717, 1.165) is 36.8 Å². The lowest BCUT2D eigenvalue weighted by Gasteiger charge is -2.28. The minimum atomic E-state index is -1.13. The van der Waals surface area contributed by atoms with Crippen LogP contribution in [0, 0.1) is 11.8 Å². The molecule has 0 bridgehead atoms. The first-order chi connectivity index (χ1) is 10.1. The lowest BCUT2D eigenvalue weighted by atomic mass is 9.78. The molecule has 0 aromatic carbocycles. The van der Waals surface area contributed by atoms with Crippen molar-refractivity contribution >= 4 is 11.9 Å². The van der Waals surface area contributed by atoms with Crippen molar-refractivity contribution in [2.45, 2.75) is 64.7 Å². The number of carbonyl (C=O) groups is 2. The Morgan fingerprint density at radius 1 is 1.05 bits per heavy atom. The molecular weight excluding hydrogens is 268 g/mol. The van der Waals surface area contributed by atoms with Gasteiger partial charge in [0.15, 0.2) is 0 Å². The molecule has 0 heterocycles. The first-order valence-electron chi connectivity index (χ1n) is 8.19. The van der Waals surface area contributed by atoms with Crippen LogP contribution in [0.1, 0.15) is 64.7 Å². The van der Waals surface area contributed by atoms with E-state index in [1.54, 1.807) is 0 Å². The van der Waals surface area contributed by atoms with Crippen molar-refractivity contribution in [1.82, 2.24) is 0 Å². The molecule has 0 saturated heterocycles. The predicted molar refractivity (Wildman–Crippen MR) is 81.9 cm³/mol. The first kappa shape index (κ1) is 17.7. The number of carboxylic acid groups (broad SMARTS) is 1. The topological polar surface area (TPSA) is 63.6 Å². The average Bonchev–Trinajstić information content (AvgIpc) is 2.47. The number of hydrogen-bond donors (Lipinski definition) is 1. The Balaban J connectivity index is 2.00. The van der Waals surface area contributed by atoms with Crippen LogP contribution in [-0.2, 0) is 14.3 Å². The van der Waals surface area contributed by atoms with E-state index in [-0.39, 0.29) is 0 Å². The lowest BCUT2D eigenvalue weighted by Crippen LogP contribution is -2.14. The van der Waals surface area contributed by atoms with Gasteiger partial charge in [-0.25, -0.2) is 9.59 Å². The highest BCUT2D eigenvalue weighted by Crippen LogP contribution is 2.33. The van der Waals surface area contributed by atoms with E-state index in [2.05, 4.69) is 6.92 Å². The minimum absolute atomic E-state index is 0.383. The summed E-state index contributed by atoms with van der Waals surface area (Å²) in [5.74, 6) is 0.0945. The zero-order valence-corrected chi connectivity index (χ0v) is 13.1. The Hall–Kier alpha value is -1.32. The molecule has 4 nitrogen and oxygen atoms in total. The van der Waals surface area contributed by atoms with Crippen LogP contribution in [0.3, 0.4) is 0 Å². The highest BCUT2D eigenvalue weighted by Gasteiger charge is 2.19. The number of carboxylic acids is 1. The van der Waals surface area contributed by atoms with Crippen LogP contribution in [0.4, 0.5) is 0 Å². The van der Waals surface area contributed by atoms with Crippen LogP contribution in [0.5, 0.6) is 0 Å². The number of aliphatic carboxylic acids is 1. The number of rotatable bonds is 9. The van der Waals surface area contributed by atoms with Gasteiger partial charge in [-0.2, -0.15) is 0 Å². The Morgan fingerprint density at radius 2 is 1.67 bits per heavy atom. The van der Waals surface area contributed by atoms with Gasteiger partial charge >= 0.3 is 11.9 Å². The van der Waals surface area contributed by atoms with Crippen molar-refractivity contribution in [2.75, 3.05) is 6.61 Å². The molecule has 21 heavy (non-hydrogen) atoms. The summed E-state index contributed by atoms with van der Waals surface area (Å²) in [7, 11) is 0. The Labute approximate surface area is 127 Å². The van der Waals surface area contributed by atoms with Crippen molar-refractivity contribution in [1.29, 1.82) is 0 Å². The Bertz CT molecular complexity index is 341. The molecule has 0 aromatic rings. The van der Waals surface area contributed by atoms with Gasteiger partial charge in [0.1, 0.15) is 0 Å². The fourth-order valence-corrected chi connectivity index (χ4v) is 3.11. The zero-order valence-electron chi connectivity index (χ0n) is 13.1. The number of esters is 1. The molecule has 1 N–H and O–H groups in total. The SMILES string of the molecule is CCCC1CCC(CCCCOC(=O)/C=C/C(=O)O)CC1. The first-order valence-corrected chi connectivity index (χ1v) is 8.19. The molecule has 4 heteroatoms. The van der Waals surface area contributed by atoms with Crippen LogP contribution in [0.15, 0.2) is 12.2 Å². The summed E-state index contributed by atoms with van der Waals surface area (Å²) in [5, 5.41) is 8.37. The summed E-state index contributed by atoms with van der Waals surface area (Å²) in [5.41, 5.74) is 0. The van der Waals surface area contributed by atoms with Crippen LogP contribution in [0.2, 0.25) is 0 Å². The van der Waals surface area contributed by atoms with Gasteiger partial charge < -0.3 is 9.84 Å². The summed E-state index contributed by atoms with van der Waals surface area (Å²) in [4.78, 5) is 21.4. The standard InChI is InChI=1S/C17H28O4/c1-2-5-14-7-9-15(10-8-14)6-3-4-13-21-17(20)12-11-16(18)19/h11-12,14-15H,2-10,13H2,1H3,(H,18,19)/b12-11+. The summed E-state index contributed by atoms with van der Waals surface area (Å²) in [6, 6.07) is 0. The Kier molecular flexibility index (Phi) is 8.79. The molecule has 120 valence electrons. The summed E-state index contributed by atoms with van der Waals surface area (Å²) in [6.07, 6.45) is 13.1. The van der Waals surface area contributed by atoms with Gasteiger partial charge in [-0.15, -0.1) is 0 Å². The van der Waals surface area contributed by atoms with Gasteiger partial charge in [0.2, 0.25) is 0 Å². The highest BCUT2D eigenvalue weighted by molar-refractivity contribution is 5.90. The van der Waals surface area contributed by atoms with Crippen LogP contribution < -0.4 is 0 Å². The molecule has 0 amide bonds. The summed E-state index contributed by atoms with van der Waals surface area (Å²) >= 11 is 0. The third-order valence-electron chi connectivity index (χ3n) is 4.28. The monoisotopic (exact) mass is 296 g/mol. The maximum Gasteiger partial charge on any atom is 0.331 e. The maximum atomic E-state index is 11.1. The third kappa shape index (κ3) is 8.53. The van der Waals surface area contributed by atoms with Gasteiger partial charge in [-0.1, -0.05) is 51.9 Å². The lowest BCUT2D eigenvalue weighted by molar-refractivity contribution is -0.138. The van der Waals surface area contributed by atoms with E-state index in [1.807, 2.05) is 0 Å². The number of ether oxygens (including phenoxy) is 1. The molecule has 1 aliphatic carbocycles. The molecule has 0 spiro atoms. The van der Waals surface area contributed by atoms with Crippen molar-refractivity contribution < 1.29 is 19.4 Å². The molecule has 1 saturated carbocycles. The van der Waals surface area contributed by atoms with Crippen molar-refractivity contribution in [3.05, 3.63) is 12.2 Å². The van der Waals surface area contributed by atoms with Crippen molar-refractivity contribution in [3.63, 3.8) is 0 Å². The van der Waals surface area contributed by atoms with Crippen LogP contribution in [0.25, 0.3) is 0 Å². The molecule has 1 fully saturated rings. The fourth-order valence-electron chi connectivity index (χ4n) is 3.11. The molecule has 0 aliphatic heterocycles. The van der Waals surface area contributed by atoms with Gasteiger partial charge in [-0.3, -0.25) is 0 Å². The van der Waals surface area contributed by atoms with Crippen molar-refractivity contribution in [3.8, 4) is 0 Å². The normalized spacial score (nSPS) is 22.3. The van der Waals surface area contributed by atoms with Gasteiger partial charge in [0, 0.05) is 12.2 Å². The number of carbonyl (C=O) groups excluding carboxylic acids is 1. The van der Waals surface area contributed by atoms with E-state index in [0.29, 0.717) is 6.61 Å². The second-order valence-corrected chi connectivity index (χ2v) is 6.01. The van der Waals surface area contributed by atoms with Crippen molar-refractivity contribution in [2.24, 2.45) is 11.8 Å². The third-order valence-corrected chi connectivity index (χ3v) is 4.28. The molecule has 1 aliphatic rings. The van der Waals surface area contributed by atoms with E-state index >= 15 is 0 Å². The van der Waals surface area contributed by atoms with Gasteiger partial charge in [0.05, 0.1) is 6.61 Å². The minimum Gasteiger partial charge on any atom is -0.478 e. The van der Waals surface area contributed by atoms with Gasteiger partial charge in [0.25, 0.3) is 0 Å². The van der Waals surface area contributed by atoms with E-state index in [9.17, 15) is 9.59 Å². The summed E-state index contributed by atoms with van der Waals surface area (Å²) < 4.78 is 4.94. The molecule has 0 radical (unpaired) electrons. The second kappa shape index (κ2) is 10.4. The molecule has 0 unspecified atom stereocenters. The smallest absolute Gasteiger partial charge is 0.331 e. The molecule has 1 rings (SSSR count). The molecular formula is C17H28O4. The van der Waals surface area contributed by atoms with Crippen LogP contribution >= 0.6 is 0 Å². The highest BCUT2D eigenvalue weighted by atomic mass is 16.5. The molecule has 0 atom stereocenters. The quantitative estimate of drug-likeness (QED) is 0.397. The van der Waals surface area contributed by atoms with Crippen LogP contribution in [-0.4, -0.2) is 23.7 Å². The maximum absolute atomic E-state index is 11.1. The fraction of sp³-hybridized carbons (Fsp3) is 0.765. The van der Waals surface area contributed by atoms with E-state index in [1.165, 1.54) is 44.9 Å². The predicted octanol–water partition coefficient (Wildman–Crippen LogP) is 3.95. The summed E-state index contributed by atoms with van der Waals surface area (Å²) in [6.45, 7) is 2.65. The largest absolute Gasteiger partial charge is 0.478 e. The number of hydrogen-bond acceptors (Lipinski definition) is 3. The molecule has 0 aromatic heterocycles.